The Morgan fingerprint density at radius 1 is 1.00 bits per heavy atom. The molecule has 0 aromatic heterocycles. The topological polar surface area (TPSA) is 86.8 Å². The van der Waals surface area contributed by atoms with Crippen molar-refractivity contribution in [3.63, 3.8) is 0 Å². The van der Waals surface area contributed by atoms with E-state index in [1.54, 1.807) is 49.4 Å². The zero-order chi connectivity index (χ0) is 27.0. The van der Waals surface area contributed by atoms with Gasteiger partial charge in [0, 0.05) is 30.6 Å². The number of carbonyl (C=O) groups excluding carboxylic acids is 2. The fraction of sp³-hybridized carbons (Fsp3) is 0.440. The summed E-state index contributed by atoms with van der Waals surface area (Å²) >= 11 is 18.1. The molecule has 36 heavy (non-hydrogen) atoms. The molecule has 0 bridgehead atoms. The van der Waals surface area contributed by atoms with Crippen molar-refractivity contribution in [3.8, 4) is 0 Å². The Bertz CT molecular complexity index is 1160. The maximum Gasteiger partial charge on any atom is 0.242 e. The Morgan fingerprint density at radius 2 is 1.64 bits per heavy atom. The Labute approximate surface area is 228 Å². The summed E-state index contributed by atoms with van der Waals surface area (Å²) in [7, 11) is -3.58. The second kappa shape index (κ2) is 13.5. The third-order valence-electron chi connectivity index (χ3n) is 5.77. The van der Waals surface area contributed by atoms with Crippen LogP contribution in [-0.2, 0) is 26.2 Å². The summed E-state index contributed by atoms with van der Waals surface area (Å²) in [6.45, 7) is 5.77. The molecule has 0 saturated heterocycles. The largest absolute Gasteiger partial charge is 0.352 e. The van der Waals surface area contributed by atoms with Gasteiger partial charge in [-0.15, -0.1) is 0 Å². The highest BCUT2D eigenvalue weighted by atomic mass is 35.5. The molecule has 0 heterocycles. The molecule has 11 heteroatoms. The predicted molar refractivity (Wildman–Crippen MR) is 147 cm³/mol. The van der Waals surface area contributed by atoms with Crippen molar-refractivity contribution >= 4 is 62.3 Å². The van der Waals surface area contributed by atoms with E-state index in [1.165, 1.54) is 9.21 Å². The van der Waals surface area contributed by atoms with E-state index in [2.05, 4.69) is 5.32 Å². The molecule has 0 spiro atoms. The van der Waals surface area contributed by atoms with E-state index < -0.39 is 16.1 Å². The quantitative estimate of drug-likeness (QED) is 0.360. The summed E-state index contributed by atoms with van der Waals surface area (Å²) in [5, 5.41) is 4.15. The molecule has 2 rings (SSSR count). The summed E-state index contributed by atoms with van der Waals surface area (Å²) in [5.41, 5.74) is 1.18. The average molecular weight is 577 g/mol. The molecule has 0 aliphatic rings. The number of sulfonamides is 1. The van der Waals surface area contributed by atoms with Crippen molar-refractivity contribution in [1.29, 1.82) is 0 Å². The molecule has 1 N–H and O–H groups in total. The van der Waals surface area contributed by atoms with Crippen LogP contribution in [0, 0.1) is 0 Å². The van der Waals surface area contributed by atoms with Crippen molar-refractivity contribution in [2.75, 3.05) is 17.1 Å². The number of nitrogens with zero attached hydrogens (tertiary/aromatic N) is 2. The Morgan fingerprint density at radius 3 is 2.19 bits per heavy atom. The number of benzene rings is 2. The molecule has 2 aromatic carbocycles. The number of halogens is 3. The van der Waals surface area contributed by atoms with Crippen LogP contribution in [0.2, 0.25) is 15.1 Å². The van der Waals surface area contributed by atoms with Crippen molar-refractivity contribution in [2.45, 2.75) is 58.7 Å². The normalized spacial score (nSPS) is 13.1. The van der Waals surface area contributed by atoms with Gasteiger partial charge in [-0.1, -0.05) is 47.8 Å². The fourth-order valence-electron chi connectivity index (χ4n) is 3.49. The summed E-state index contributed by atoms with van der Waals surface area (Å²) in [4.78, 5) is 27.6. The highest BCUT2D eigenvalue weighted by Crippen LogP contribution is 2.25. The molecule has 0 fully saturated rings. The Kier molecular flexibility index (Phi) is 11.3. The van der Waals surface area contributed by atoms with E-state index in [0.717, 1.165) is 18.2 Å². The molecule has 0 saturated carbocycles. The minimum atomic E-state index is -3.58. The molecule has 198 valence electrons. The second-order valence-corrected chi connectivity index (χ2v) is 11.8. The van der Waals surface area contributed by atoms with Crippen molar-refractivity contribution in [1.82, 2.24) is 10.2 Å². The van der Waals surface area contributed by atoms with Crippen molar-refractivity contribution in [2.24, 2.45) is 0 Å². The van der Waals surface area contributed by atoms with Gasteiger partial charge in [0.05, 0.1) is 22.0 Å². The third kappa shape index (κ3) is 8.83. The van der Waals surface area contributed by atoms with Crippen LogP contribution in [0.3, 0.4) is 0 Å². The van der Waals surface area contributed by atoms with E-state index in [1.807, 2.05) is 13.8 Å². The number of rotatable bonds is 12. The van der Waals surface area contributed by atoms with Crippen LogP contribution >= 0.6 is 34.8 Å². The van der Waals surface area contributed by atoms with Crippen LogP contribution in [-0.4, -0.2) is 50.0 Å². The standard InChI is InChI=1S/C25H32Cl3N3O4S/c1-5-17(2)29-25(33)18(3)30(16-19-8-13-22(27)23(28)15-19)24(32)7-6-14-31(36(4,34)35)21-11-9-20(26)10-12-21/h8-13,15,17-18H,5-7,14,16H2,1-4H3,(H,29,33)/t17-,18+/m0/s1. The van der Waals surface area contributed by atoms with E-state index >= 15 is 0 Å². The van der Waals surface area contributed by atoms with Gasteiger partial charge in [0.2, 0.25) is 21.8 Å². The predicted octanol–water partition coefficient (Wildman–Crippen LogP) is 5.53. The number of hydrogen-bond acceptors (Lipinski definition) is 4. The average Bonchev–Trinajstić information content (AvgIpc) is 2.81. The third-order valence-corrected chi connectivity index (χ3v) is 7.96. The Balaban J connectivity index is 2.19. The molecular formula is C25H32Cl3N3O4S. The summed E-state index contributed by atoms with van der Waals surface area (Å²) in [5.74, 6) is -0.547. The SMILES string of the molecule is CC[C@H](C)NC(=O)[C@@H](C)N(Cc1ccc(Cl)c(Cl)c1)C(=O)CCCN(c1ccc(Cl)cc1)S(C)(=O)=O. The maximum absolute atomic E-state index is 13.3. The van der Waals surface area contributed by atoms with Crippen LogP contribution in [0.5, 0.6) is 0 Å². The van der Waals surface area contributed by atoms with Gasteiger partial charge in [0.15, 0.2) is 0 Å². The number of amides is 2. The van der Waals surface area contributed by atoms with Gasteiger partial charge in [-0.3, -0.25) is 13.9 Å². The minimum Gasteiger partial charge on any atom is -0.352 e. The van der Waals surface area contributed by atoms with Gasteiger partial charge >= 0.3 is 0 Å². The smallest absolute Gasteiger partial charge is 0.242 e. The molecule has 0 aliphatic heterocycles. The lowest BCUT2D eigenvalue weighted by Crippen LogP contribution is -2.49. The molecule has 0 aliphatic carbocycles. The minimum absolute atomic E-state index is 0.0374. The lowest BCUT2D eigenvalue weighted by molar-refractivity contribution is -0.140. The first-order chi connectivity index (χ1) is 16.8. The summed E-state index contributed by atoms with van der Waals surface area (Å²) in [6.07, 6.45) is 2.17. The molecular weight excluding hydrogens is 545 g/mol. The van der Waals surface area contributed by atoms with Crippen molar-refractivity contribution in [3.05, 3.63) is 63.1 Å². The number of anilines is 1. The van der Waals surface area contributed by atoms with E-state index in [9.17, 15) is 18.0 Å². The maximum atomic E-state index is 13.3. The van der Waals surface area contributed by atoms with Crippen LogP contribution in [0.15, 0.2) is 42.5 Å². The Hall–Kier alpha value is -2.00. The van der Waals surface area contributed by atoms with Gasteiger partial charge in [0.1, 0.15) is 6.04 Å². The van der Waals surface area contributed by atoms with Crippen LogP contribution in [0.4, 0.5) is 5.69 Å². The lowest BCUT2D eigenvalue weighted by Gasteiger charge is -2.30. The lowest BCUT2D eigenvalue weighted by atomic mass is 10.1. The van der Waals surface area contributed by atoms with Crippen molar-refractivity contribution < 1.29 is 18.0 Å². The number of hydrogen-bond donors (Lipinski definition) is 1. The molecule has 2 atom stereocenters. The van der Waals surface area contributed by atoms with Crippen LogP contribution < -0.4 is 9.62 Å². The first-order valence-corrected chi connectivity index (χ1v) is 14.6. The highest BCUT2D eigenvalue weighted by Gasteiger charge is 2.27. The molecule has 0 unspecified atom stereocenters. The zero-order valence-electron chi connectivity index (χ0n) is 20.8. The first kappa shape index (κ1) is 30.2. The van der Waals surface area contributed by atoms with Crippen LogP contribution in [0.25, 0.3) is 0 Å². The molecule has 0 radical (unpaired) electrons. The van der Waals surface area contributed by atoms with E-state index in [-0.39, 0.29) is 43.8 Å². The second-order valence-electron chi connectivity index (χ2n) is 8.68. The molecule has 7 nitrogen and oxygen atoms in total. The highest BCUT2D eigenvalue weighted by molar-refractivity contribution is 7.92. The molecule has 2 aromatic rings. The monoisotopic (exact) mass is 575 g/mol. The van der Waals surface area contributed by atoms with Crippen LogP contribution in [0.1, 0.15) is 45.6 Å². The summed E-state index contributed by atoms with van der Waals surface area (Å²) in [6, 6.07) is 10.7. The number of carbonyl (C=O) groups is 2. The van der Waals surface area contributed by atoms with Gasteiger partial charge in [-0.05, 0) is 68.7 Å². The summed E-state index contributed by atoms with van der Waals surface area (Å²) < 4.78 is 26.0. The van der Waals surface area contributed by atoms with Gasteiger partial charge in [-0.2, -0.15) is 0 Å². The first-order valence-electron chi connectivity index (χ1n) is 11.6. The van der Waals surface area contributed by atoms with Gasteiger partial charge in [0.25, 0.3) is 0 Å². The molecule has 2 amide bonds. The van der Waals surface area contributed by atoms with Gasteiger partial charge < -0.3 is 10.2 Å². The number of nitrogens with one attached hydrogen (secondary N) is 1. The van der Waals surface area contributed by atoms with E-state index in [0.29, 0.717) is 20.8 Å². The van der Waals surface area contributed by atoms with E-state index in [4.69, 9.17) is 34.8 Å². The van der Waals surface area contributed by atoms with Gasteiger partial charge in [-0.25, -0.2) is 8.42 Å². The fourth-order valence-corrected chi connectivity index (χ4v) is 4.91. The zero-order valence-corrected chi connectivity index (χ0v) is 23.9.